The van der Waals surface area contributed by atoms with Crippen molar-refractivity contribution < 1.29 is 9.53 Å². The summed E-state index contributed by atoms with van der Waals surface area (Å²) in [6.07, 6.45) is 3.77. The number of amides is 1. The Labute approximate surface area is 88.2 Å². The van der Waals surface area contributed by atoms with Crippen LogP contribution in [0, 0.1) is 0 Å². The molecule has 0 saturated carbocycles. The molecule has 1 aromatic heterocycles. The van der Waals surface area contributed by atoms with Crippen LogP contribution in [-0.4, -0.2) is 28.3 Å². The van der Waals surface area contributed by atoms with Crippen molar-refractivity contribution in [3.05, 3.63) is 12.4 Å². The maximum absolute atomic E-state index is 10.9. The molecule has 0 spiro atoms. The van der Waals surface area contributed by atoms with Gasteiger partial charge in [0, 0.05) is 6.54 Å². The van der Waals surface area contributed by atoms with Crippen LogP contribution >= 0.6 is 0 Å². The Morgan fingerprint density at radius 1 is 1.73 bits per heavy atom. The largest absolute Gasteiger partial charge is 0.493 e. The molecule has 1 unspecified atom stereocenters. The molecule has 1 rings (SSSR count). The van der Waals surface area contributed by atoms with E-state index in [0.29, 0.717) is 18.7 Å². The average molecular weight is 212 g/mol. The van der Waals surface area contributed by atoms with Crippen LogP contribution in [0.15, 0.2) is 12.4 Å². The maximum Gasteiger partial charge on any atom is 0.237 e. The highest BCUT2D eigenvalue weighted by Gasteiger charge is 2.25. The van der Waals surface area contributed by atoms with Gasteiger partial charge in [0.15, 0.2) is 5.75 Å². The number of nitrogens with two attached hydrogens (primary N) is 2. The van der Waals surface area contributed by atoms with Crippen LogP contribution in [0.1, 0.15) is 13.3 Å². The average Bonchev–Trinajstić information content (AvgIpc) is 2.62. The molecule has 6 nitrogen and oxygen atoms in total. The van der Waals surface area contributed by atoms with Crippen LogP contribution < -0.4 is 16.2 Å². The summed E-state index contributed by atoms with van der Waals surface area (Å²) in [6.45, 7) is 2.13. The van der Waals surface area contributed by atoms with E-state index in [0.717, 1.165) is 0 Å². The van der Waals surface area contributed by atoms with Gasteiger partial charge < -0.3 is 16.2 Å². The number of aromatic nitrogens is 2. The lowest BCUT2D eigenvalue weighted by molar-refractivity contribution is -0.122. The first-order chi connectivity index (χ1) is 6.95. The van der Waals surface area contributed by atoms with Gasteiger partial charge in [0.1, 0.15) is 0 Å². The lowest BCUT2D eigenvalue weighted by Crippen LogP contribution is -2.49. The number of aryl methyl sites for hydroxylation is 1. The number of ether oxygens (including phenoxy) is 1. The van der Waals surface area contributed by atoms with Crippen molar-refractivity contribution in [1.82, 2.24) is 9.78 Å². The fourth-order valence-corrected chi connectivity index (χ4v) is 1.04. The third-order valence-corrected chi connectivity index (χ3v) is 2.27. The van der Waals surface area contributed by atoms with Gasteiger partial charge in [0.05, 0.1) is 25.0 Å². The number of methoxy groups -OCH3 is 1. The van der Waals surface area contributed by atoms with Gasteiger partial charge in [-0.15, -0.1) is 0 Å². The first-order valence-electron chi connectivity index (χ1n) is 4.61. The Morgan fingerprint density at radius 3 is 2.87 bits per heavy atom. The molecule has 0 saturated heterocycles. The zero-order valence-electron chi connectivity index (χ0n) is 8.93. The van der Waals surface area contributed by atoms with Crippen molar-refractivity contribution >= 4 is 5.91 Å². The Kier molecular flexibility index (Phi) is 3.31. The number of carbonyl (C=O) groups is 1. The zero-order chi connectivity index (χ0) is 11.5. The molecule has 15 heavy (non-hydrogen) atoms. The molecule has 1 heterocycles. The Bertz CT molecular complexity index is 346. The van der Waals surface area contributed by atoms with Crippen LogP contribution in [0.2, 0.25) is 0 Å². The van der Waals surface area contributed by atoms with Crippen molar-refractivity contribution in [2.45, 2.75) is 25.4 Å². The number of hydrogen-bond donors (Lipinski definition) is 2. The molecule has 1 aromatic rings. The lowest BCUT2D eigenvalue weighted by Gasteiger charge is -2.19. The maximum atomic E-state index is 10.9. The van der Waals surface area contributed by atoms with Crippen LogP contribution in [0.4, 0.5) is 0 Å². The number of nitrogens with zero attached hydrogens (tertiary/aromatic N) is 2. The molecule has 4 N–H and O–H groups in total. The van der Waals surface area contributed by atoms with Gasteiger partial charge in [-0.05, 0) is 13.3 Å². The first kappa shape index (κ1) is 11.5. The highest BCUT2D eigenvalue weighted by Crippen LogP contribution is 2.10. The molecule has 0 aromatic carbocycles. The minimum atomic E-state index is -1.00. The molecule has 0 aliphatic carbocycles. The van der Waals surface area contributed by atoms with Gasteiger partial charge >= 0.3 is 0 Å². The summed E-state index contributed by atoms with van der Waals surface area (Å²) in [5.41, 5.74) is 9.85. The minimum absolute atomic E-state index is 0.438. The first-order valence-corrected chi connectivity index (χ1v) is 4.61. The van der Waals surface area contributed by atoms with Gasteiger partial charge in [0.2, 0.25) is 5.91 Å². The van der Waals surface area contributed by atoms with E-state index in [9.17, 15) is 4.79 Å². The van der Waals surface area contributed by atoms with Crippen LogP contribution in [-0.2, 0) is 11.3 Å². The van der Waals surface area contributed by atoms with Gasteiger partial charge in [0.25, 0.3) is 0 Å². The van der Waals surface area contributed by atoms with E-state index >= 15 is 0 Å². The monoisotopic (exact) mass is 212 g/mol. The fourth-order valence-electron chi connectivity index (χ4n) is 1.04. The second kappa shape index (κ2) is 4.31. The van der Waals surface area contributed by atoms with Crippen molar-refractivity contribution in [1.29, 1.82) is 0 Å². The summed E-state index contributed by atoms with van der Waals surface area (Å²) in [5, 5.41) is 4.03. The summed E-state index contributed by atoms with van der Waals surface area (Å²) in [5.74, 6) is 0.162. The third kappa shape index (κ3) is 2.95. The summed E-state index contributed by atoms with van der Waals surface area (Å²) in [6, 6.07) is 0. The predicted molar refractivity (Wildman–Crippen MR) is 55.2 cm³/mol. The van der Waals surface area contributed by atoms with Crippen molar-refractivity contribution in [3.8, 4) is 5.75 Å². The van der Waals surface area contributed by atoms with E-state index in [1.807, 2.05) is 0 Å². The Hall–Kier alpha value is -1.56. The second-order valence-corrected chi connectivity index (χ2v) is 3.67. The summed E-state index contributed by atoms with van der Waals surface area (Å²) in [7, 11) is 1.57. The Morgan fingerprint density at radius 2 is 2.40 bits per heavy atom. The van der Waals surface area contributed by atoms with Gasteiger partial charge in [-0.2, -0.15) is 5.10 Å². The second-order valence-electron chi connectivity index (χ2n) is 3.67. The quantitative estimate of drug-likeness (QED) is 0.686. The number of primary amides is 1. The predicted octanol–water partition coefficient (Wildman–Crippen LogP) is -0.515. The van der Waals surface area contributed by atoms with Gasteiger partial charge in [-0.25, -0.2) is 0 Å². The molecule has 0 aliphatic heterocycles. The molecule has 1 atom stereocenters. The summed E-state index contributed by atoms with van der Waals surface area (Å²) in [4.78, 5) is 10.9. The Balaban J connectivity index is 2.53. The SMILES string of the molecule is COc1cnn(CCC(C)(N)C(N)=O)c1. The number of rotatable bonds is 5. The van der Waals surface area contributed by atoms with Crippen LogP contribution in [0.25, 0.3) is 0 Å². The smallest absolute Gasteiger partial charge is 0.237 e. The van der Waals surface area contributed by atoms with E-state index in [2.05, 4.69) is 5.10 Å². The van der Waals surface area contributed by atoms with E-state index in [1.54, 1.807) is 31.1 Å². The molecular weight excluding hydrogens is 196 g/mol. The zero-order valence-corrected chi connectivity index (χ0v) is 8.93. The van der Waals surface area contributed by atoms with E-state index in [1.165, 1.54) is 0 Å². The minimum Gasteiger partial charge on any atom is -0.493 e. The van der Waals surface area contributed by atoms with Crippen molar-refractivity contribution in [2.75, 3.05) is 7.11 Å². The highest BCUT2D eigenvalue weighted by molar-refractivity contribution is 5.83. The van der Waals surface area contributed by atoms with Gasteiger partial charge in [-0.3, -0.25) is 9.48 Å². The van der Waals surface area contributed by atoms with Crippen LogP contribution in [0.3, 0.4) is 0 Å². The van der Waals surface area contributed by atoms with E-state index in [-0.39, 0.29) is 0 Å². The number of hydrogen-bond acceptors (Lipinski definition) is 4. The fraction of sp³-hybridized carbons (Fsp3) is 0.556. The molecule has 1 amide bonds. The third-order valence-electron chi connectivity index (χ3n) is 2.27. The van der Waals surface area contributed by atoms with Gasteiger partial charge in [-0.1, -0.05) is 0 Å². The molecule has 6 heteroatoms. The summed E-state index contributed by atoms with van der Waals surface area (Å²) < 4.78 is 6.63. The molecular formula is C9H16N4O2. The molecule has 0 bridgehead atoms. The van der Waals surface area contributed by atoms with Crippen LogP contribution in [0.5, 0.6) is 5.75 Å². The molecule has 0 fully saturated rings. The number of carbonyl (C=O) groups excluding carboxylic acids is 1. The molecule has 0 aliphatic rings. The van der Waals surface area contributed by atoms with E-state index < -0.39 is 11.4 Å². The van der Waals surface area contributed by atoms with Crippen molar-refractivity contribution in [2.24, 2.45) is 11.5 Å². The van der Waals surface area contributed by atoms with Crippen molar-refractivity contribution in [3.63, 3.8) is 0 Å². The lowest BCUT2D eigenvalue weighted by atomic mass is 9.99. The highest BCUT2D eigenvalue weighted by atomic mass is 16.5. The summed E-state index contributed by atoms with van der Waals surface area (Å²) >= 11 is 0. The molecule has 0 radical (unpaired) electrons. The normalized spacial score (nSPS) is 14.6. The topological polar surface area (TPSA) is 96.2 Å². The molecule has 84 valence electrons. The van der Waals surface area contributed by atoms with E-state index in [4.69, 9.17) is 16.2 Å². The standard InChI is InChI=1S/C9H16N4O2/c1-9(11,8(10)14)3-4-13-6-7(15-2)5-12-13/h5-6H,3-4,11H2,1-2H3,(H2,10,14).